The average molecular weight is 322 g/mol. The first-order chi connectivity index (χ1) is 10.5. The molecule has 1 aromatic rings. The van der Waals surface area contributed by atoms with Crippen LogP contribution in [0.3, 0.4) is 0 Å². The van der Waals surface area contributed by atoms with Crippen molar-refractivity contribution in [1.82, 2.24) is 5.32 Å². The summed E-state index contributed by atoms with van der Waals surface area (Å²) >= 11 is 5.98. The number of amides is 1. The number of halogens is 1. The fourth-order valence-electron chi connectivity index (χ4n) is 4.02. The highest BCUT2D eigenvalue weighted by Gasteiger charge is 2.43. The van der Waals surface area contributed by atoms with E-state index in [4.69, 9.17) is 11.6 Å². The van der Waals surface area contributed by atoms with Crippen molar-refractivity contribution >= 4 is 17.5 Å². The van der Waals surface area contributed by atoms with Crippen LogP contribution < -0.4 is 5.32 Å². The Morgan fingerprint density at radius 3 is 2.18 bits per heavy atom. The molecule has 3 nitrogen and oxygen atoms in total. The molecule has 0 aromatic heterocycles. The number of carbonyl (C=O) groups is 1. The minimum atomic E-state index is -0.699. The molecule has 0 aliphatic heterocycles. The summed E-state index contributed by atoms with van der Waals surface area (Å²) in [4.78, 5) is 12.9. The highest BCUT2D eigenvalue weighted by molar-refractivity contribution is 6.30. The van der Waals surface area contributed by atoms with Crippen LogP contribution in [0, 0.1) is 0 Å². The van der Waals surface area contributed by atoms with Crippen LogP contribution in [0.5, 0.6) is 0 Å². The van der Waals surface area contributed by atoms with E-state index in [9.17, 15) is 9.90 Å². The van der Waals surface area contributed by atoms with Crippen LogP contribution in [-0.4, -0.2) is 23.2 Å². The van der Waals surface area contributed by atoms with Crippen LogP contribution in [0.15, 0.2) is 24.3 Å². The van der Waals surface area contributed by atoms with E-state index in [0.29, 0.717) is 11.6 Å². The molecule has 0 unspecified atom stereocenters. The van der Waals surface area contributed by atoms with Crippen molar-refractivity contribution in [3.05, 3.63) is 34.9 Å². The van der Waals surface area contributed by atoms with Gasteiger partial charge in [0.25, 0.3) is 0 Å². The molecule has 0 heterocycles. The van der Waals surface area contributed by atoms with Crippen molar-refractivity contribution in [2.24, 2.45) is 0 Å². The van der Waals surface area contributed by atoms with Gasteiger partial charge in [-0.25, -0.2) is 0 Å². The highest BCUT2D eigenvalue weighted by atomic mass is 35.5. The number of carbonyl (C=O) groups excluding carboxylic acids is 1. The molecule has 2 saturated carbocycles. The first-order valence-corrected chi connectivity index (χ1v) is 8.69. The number of benzene rings is 1. The van der Waals surface area contributed by atoms with Gasteiger partial charge in [-0.05, 0) is 43.4 Å². The lowest BCUT2D eigenvalue weighted by atomic mass is 9.78. The lowest BCUT2D eigenvalue weighted by molar-refractivity contribution is -0.127. The van der Waals surface area contributed by atoms with Crippen molar-refractivity contribution in [3.63, 3.8) is 0 Å². The SMILES string of the molecule is O=C(NCC1(O)CCCC1)C1(c2ccc(Cl)cc2)CCCC1. The monoisotopic (exact) mass is 321 g/mol. The average Bonchev–Trinajstić information content (AvgIpc) is 3.16. The quantitative estimate of drug-likeness (QED) is 0.890. The molecule has 22 heavy (non-hydrogen) atoms. The van der Waals surface area contributed by atoms with Crippen LogP contribution in [0.1, 0.15) is 56.9 Å². The number of aliphatic hydroxyl groups is 1. The zero-order valence-electron chi connectivity index (χ0n) is 12.9. The Bertz CT molecular complexity index is 529. The molecule has 2 aliphatic rings. The molecule has 4 heteroatoms. The van der Waals surface area contributed by atoms with Gasteiger partial charge in [-0.3, -0.25) is 4.79 Å². The predicted molar refractivity (Wildman–Crippen MR) is 88.0 cm³/mol. The Morgan fingerprint density at radius 1 is 1.05 bits per heavy atom. The topological polar surface area (TPSA) is 49.3 Å². The maximum absolute atomic E-state index is 12.9. The van der Waals surface area contributed by atoms with Gasteiger partial charge in [0.1, 0.15) is 0 Å². The van der Waals surface area contributed by atoms with Crippen LogP contribution in [0.4, 0.5) is 0 Å². The minimum Gasteiger partial charge on any atom is -0.388 e. The van der Waals surface area contributed by atoms with Gasteiger partial charge >= 0.3 is 0 Å². The molecule has 0 radical (unpaired) electrons. The second-order valence-corrected chi connectivity index (χ2v) is 7.35. The van der Waals surface area contributed by atoms with Crippen LogP contribution in [0.25, 0.3) is 0 Å². The number of nitrogens with one attached hydrogen (secondary N) is 1. The second-order valence-electron chi connectivity index (χ2n) is 6.91. The Labute approximate surface area is 137 Å². The molecule has 1 amide bonds. The zero-order valence-corrected chi connectivity index (χ0v) is 13.7. The van der Waals surface area contributed by atoms with E-state index in [2.05, 4.69) is 5.32 Å². The largest absolute Gasteiger partial charge is 0.388 e. The summed E-state index contributed by atoms with van der Waals surface area (Å²) in [5, 5.41) is 14.2. The van der Waals surface area contributed by atoms with Crippen molar-refractivity contribution in [3.8, 4) is 0 Å². The second kappa shape index (κ2) is 6.21. The number of hydrogen-bond donors (Lipinski definition) is 2. The van der Waals surface area contributed by atoms with E-state index >= 15 is 0 Å². The Hall–Kier alpha value is -1.06. The zero-order chi connectivity index (χ0) is 15.6. The van der Waals surface area contributed by atoms with Crippen molar-refractivity contribution in [2.75, 3.05) is 6.54 Å². The first-order valence-electron chi connectivity index (χ1n) is 8.31. The van der Waals surface area contributed by atoms with Crippen LogP contribution in [0.2, 0.25) is 5.02 Å². The molecule has 0 atom stereocenters. The standard InChI is InChI=1S/C18H24ClNO2/c19-15-7-5-14(6-8-15)18(11-3-4-12-18)16(21)20-13-17(22)9-1-2-10-17/h5-8,22H,1-4,9-13H2,(H,20,21). The Balaban J connectivity index is 1.75. The van der Waals surface area contributed by atoms with E-state index in [1.54, 1.807) is 0 Å². The van der Waals surface area contributed by atoms with E-state index in [-0.39, 0.29) is 5.91 Å². The van der Waals surface area contributed by atoms with Gasteiger partial charge < -0.3 is 10.4 Å². The third kappa shape index (κ3) is 3.02. The van der Waals surface area contributed by atoms with Gasteiger partial charge in [0.05, 0.1) is 11.0 Å². The van der Waals surface area contributed by atoms with Crippen molar-refractivity contribution < 1.29 is 9.90 Å². The minimum absolute atomic E-state index is 0.0626. The number of rotatable bonds is 4. The highest BCUT2D eigenvalue weighted by Crippen LogP contribution is 2.42. The normalized spacial score (nSPS) is 22.6. The first kappa shape index (κ1) is 15.8. The third-order valence-corrected chi connectivity index (χ3v) is 5.65. The summed E-state index contributed by atoms with van der Waals surface area (Å²) in [6.45, 7) is 0.376. The Kier molecular flexibility index (Phi) is 4.47. The fraction of sp³-hybridized carbons (Fsp3) is 0.611. The summed E-state index contributed by atoms with van der Waals surface area (Å²) in [6.07, 6.45) is 7.57. The Morgan fingerprint density at radius 2 is 1.59 bits per heavy atom. The van der Waals surface area contributed by atoms with Gasteiger partial charge in [-0.15, -0.1) is 0 Å². The molecule has 0 saturated heterocycles. The molecule has 0 bridgehead atoms. The molecule has 2 fully saturated rings. The van der Waals surface area contributed by atoms with Crippen molar-refractivity contribution in [2.45, 2.75) is 62.4 Å². The third-order valence-electron chi connectivity index (χ3n) is 5.40. The predicted octanol–water partition coefficient (Wildman–Crippen LogP) is 3.57. The molecule has 3 rings (SSSR count). The fourth-order valence-corrected chi connectivity index (χ4v) is 4.14. The van der Waals surface area contributed by atoms with E-state index in [1.807, 2.05) is 24.3 Å². The van der Waals surface area contributed by atoms with Gasteiger partial charge in [-0.2, -0.15) is 0 Å². The van der Waals surface area contributed by atoms with E-state index < -0.39 is 11.0 Å². The lowest BCUT2D eigenvalue weighted by Crippen LogP contribution is -2.48. The summed E-state index contributed by atoms with van der Waals surface area (Å²) in [5.41, 5.74) is -0.0973. The van der Waals surface area contributed by atoms with Crippen LogP contribution >= 0.6 is 11.6 Å². The lowest BCUT2D eigenvalue weighted by Gasteiger charge is -2.31. The van der Waals surface area contributed by atoms with Gasteiger partial charge in [-0.1, -0.05) is 49.4 Å². The molecule has 1 aromatic carbocycles. The maximum atomic E-state index is 12.9. The van der Waals surface area contributed by atoms with Crippen molar-refractivity contribution in [1.29, 1.82) is 0 Å². The molecule has 0 spiro atoms. The van der Waals surface area contributed by atoms with Gasteiger partial charge in [0.15, 0.2) is 0 Å². The molecule has 120 valence electrons. The van der Waals surface area contributed by atoms with E-state index in [1.165, 1.54) is 0 Å². The summed E-state index contributed by atoms with van der Waals surface area (Å²) in [6, 6.07) is 7.65. The van der Waals surface area contributed by atoms with E-state index in [0.717, 1.165) is 56.9 Å². The molecular formula is C18H24ClNO2. The summed E-state index contributed by atoms with van der Waals surface area (Å²) in [5.74, 6) is 0.0626. The molecule has 2 N–H and O–H groups in total. The van der Waals surface area contributed by atoms with Crippen LogP contribution in [-0.2, 0) is 10.2 Å². The molecule has 2 aliphatic carbocycles. The number of hydrogen-bond acceptors (Lipinski definition) is 2. The molecular weight excluding hydrogens is 298 g/mol. The summed E-state index contributed by atoms with van der Waals surface area (Å²) < 4.78 is 0. The maximum Gasteiger partial charge on any atom is 0.230 e. The van der Waals surface area contributed by atoms with Gasteiger partial charge in [0, 0.05) is 11.6 Å². The smallest absolute Gasteiger partial charge is 0.230 e. The van der Waals surface area contributed by atoms with Gasteiger partial charge in [0.2, 0.25) is 5.91 Å². The summed E-state index contributed by atoms with van der Waals surface area (Å²) in [7, 11) is 0.